The first kappa shape index (κ1) is 10.9. The molecule has 0 amide bonds. The van der Waals surface area contributed by atoms with E-state index in [9.17, 15) is 0 Å². The summed E-state index contributed by atoms with van der Waals surface area (Å²) in [5.41, 5.74) is 7.53. The fourth-order valence-electron chi connectivity index (χ4n) is 2.42. The van der Waals surface area contributed by atoms with E-state index in [-0.39, 0.29) is 0 Å². The molecule has 2 aliphatic carbocycles. The van der Waals surface area contributed by atoms with Crippen molar-refractivity contribution in [3.8, 4) is 0 Å². The molecule has 2 rings (SSSR count). The molecule has 0 aromatic heterocycles. The van der Waals surface area contributed by atoms with Gasteiger partial charge >= 0.3 is 0 Å². The Labute approximate surface area is 98.1 Å². The van der Waals surface area contributed by atoms with Gasteiger partial charge < -0.3 is 0 Å². The average Bonchev–Trinajstić information content (AvgIpc) is 2.14. The van der Waals surface area contributed by atoms with E-state index in [2.05, 4.69) is 38.5 Å². The van der Waals surface area contributed by atoms with E-state index in [0.29, 0.717) is 0 Å². The Morgan fingerprint density at radius 2 is 1.00 bits per heavy atom. The second-order valence-electron chi connectivity index (χ2n) is 4.86. The third-order valence-electron chi connectivity index (χ3n) is 3.00. The summed E-state index contributed by atoms with van der Waals surface area (Å²) >= 11 is 0. The molecule has 0 aliphatic heterocycles. The highest BCUT2D eigenvalue weighted by molar-refractivity contribution is 5.50. The van der Waals surface area contributed by atoms with Gasteiger partial charge in [-0.3, -0.25) is 0 Å². The summed E-state index contributed by atoms with van der Waals surface area (Å²) < 4.78 is 0. The molecule has 16 heavy (non-hydrogen) atoms. The lowest BCUT2D eigenvalue weighted by molar-refractivity contribution is 0.929. The van der Waals surface area contributed by atoms with Crippen molar-refractivity contribution in [2.24, 2.45) is 0 Å². The Kier molecular flexibility index (Phi) is 2.82. The molecule has 0 radical (unpaired) electrons. The van der Waals surface area contributed by atoms with Crippen molar-refractivity contribution >= 4 is 0 Å². The van der Waals surface area contributed by atoms with E-state index in [1.165, 1.54) is 22.3 Å². The van der Waals surface area contributed by atoms with Crippen LogP contribution in [0.3, 0.4) is 0 Å². The summed E-state index contributed by atoms with van der Waals surface area (Å²) in [6.45, 7) is 16.2. The zero-order valence-corrected chi connectivity index (χ0v) is 9.81. The molecule has 0 bridgehead atoms. The minimum Gasteiger partial charge on any atom is -0.0992 e. The Bertz CT molecular complexity index is 408. The molecule has 82 valence electrons. The highest BCUT2D eigenvalue weighted by Gasteiger charge is 2.17. The van der Waals surface area contributed by atoms with Gasteiger partial charge in [-0.05, 0) is 36.8 Å². The first-order valence-electron chi connectivity index (χ1n) is 5.65. The lowest BCUT2D eigenvalue weighted by atomic mass is 9.82. The van der Waals surface area contributed by atoms with Crippen LogP contribution in [0.2, 0.25) is 0 Å². The van der Waals surface area contributed by atoms with E-state index in [1.54, 1.807) is 0 Å². The van der Waals surface area contributed by atoms with Crippen LogP contribution in [-0.4, -0.2) is 0 Å². The molecular formula is C16H18. The van der Waals surface area contributed by atoms with Crippen molar-refractivity contribution in [2.75, 3.05) is 0 Å². The first-order valence-corrected chi connectivity index (χ1v) is 5.65. The van der Waals surface area contributed by atoms with Crippen LogP contribution in [0.4, 0.5) is 0 Å². The highest BCUT2D eigenvalue weighted by atomic mass is 14.2. The maximum Gasteiger partial charge on any atom is -0.00635 e. The van der Waals surface area contributed by atoms with Crippen molar-refractivity contribution in [3.05, 3.63) is 71.9 Å². The van der Waals surface area contributed by atoms with Gasteiger partial charge in [0, 0.05) is 0 Å². The van der Waals surface area contributed by atoms with Crippen LogP contribution >= 0.6 is 0 Å². The van der Waals surface area contributed by atoms with Gasteiger partial charge in [0.25, 0.3) is 0 Å². The summed E-state index contributed by atoms with van der Waals surface area (Å²) in [5.74, 6) is 0. The third-order valence-corrected chi connectivity index (χ3v) is 3.00. The number of rotatable bonds is 1. The summed E-state index contributed by atoms with van der Waals surface area (Å²) in [4.78, 5) is 0. The van der Waals surface area contributed by atoms with Gasteiger partial charge in [-0.1, -0.05) is 60.8 Å². The fourth-order valence-corrected chi connectivity index (χ4v) is 2.42. The summed E-state index contributed by atoms with van der Waals surface area (Å²) in [6, 6.07) is 0. The van der Waals surface area contributed by atoms with Crippen molar-refractivity contribution in [1.82, 2.24) is 0 Å². The average molecular weight is 210 g/mol. The van der Waals surface area contributed by atoms with Crippen LogP contribution in [0, 0.1) is 0 Å². The summed E-state index contributed by atoms with van der Waals surface area (Å²) in [7, 11) is 0. The van der Waals surface area contributed by atoms with Gasteiger partial charge in [-0.2, -0.15) is 0 Å². The predicted molar refractivity (Wildman–Crippen MR) is 71.2 cm³/mol. The van der Waals surface area contributed by atoms with Crippen LogP contribution in [-0.2, 0) is 0 Å². The normalized spacial score (nSPS) is 22.0. The quantitative estimate of drug-likeness (QED) is 0.552. The largest absolute Gasteiger partial charge is 0.0992 e. The maximum absolute atomic E-state index is 4.07. The van der Waals surface area contributed by atoms with E-state index in [0.717, 1.165) is 36.8 Å². The van der Waals surface area contributed by atoms with Crippen LogP contribution in [0.25, 0.3) is 0 Å². The third kappa shape index (κ3) is 2.33. The molecule has 0 unspecified atom stereocenters. The van der Waals surface area contributed by atoms with Gasteiger partial charge in [-0.15, -0.1) is 0 Å². The van der Waals surface area contributed by atoms with Gasteiger partial charge in [0.05, 0.1) is 0 Å². The number of hydrogen-bond donors (Lipinski definition) is 0. The van der Waals surface area contributed by atoms with Gasteiger partial charge in [0.1, 0.15) is 0 Å². The molecule has 0 aromatic rings. The smallest absolute Gasteiger partial charge is 0.00635 e. The number of hydrogen-bond acceptors (Lipinski definition) is 0. The molecule has 0 atom stereocenters. The molecular weight excluding hydrogens is 192 g/mol. The van der Waals surface area contributed by atoms with Crippen molar-refractivity contribution in [2.45, 2.75) is 25.7 Å². The Balaban J connectivity index is 2.31. The molecule has 0 fully saturated rings. The van der Waals surface area contributed by atoms with Crippen LogP contribution in [0.15, 0.2) is 71.9 Å². The minimum atomic E-state index is 0.943. The second kappa shape index (κ2) is 4.13. The monoisotopic (exact) mass is 210 g/mol. The van der Waals surface area contributed by atoms with E-state index >= 15 is 0 Å². The van der Waals surface area contributed by atoms with E-state index in [4.69, 9.17) is 0 Å². The Morgan fingerprint density at radius 3 is 1.31 bits per heavy atom. The molecule has 0 heterocycles. The topological polar surface area (TPSA) is 0 Å². The molecule has 2 aliphatic rings. The van der Waals surface area contributed by atoms with Crippen molar-refractivity contribution < 1.29 is 0 Å². The van der Waals surface area contributed by atoms with E-state index < -0.39 is 0 Å². The Hall–Kier alpha value is -1.56. The van der Waals surface area contributed by atoms with E-state index in [1.807, 2.05) is 0 Å². The molecule has 0 N–H and O–H groups in total. The van der Waals surface area contributed by atoms with Crippen molar-refractivity contribution in [1.29, 1.82) is 0 Å². The zero-order chi connectivity index (χ0) is 11.7. The van der Waals surface area contributed by atoms with Crippen LogP contribution in [0.5, 0.6) is 0 Å². The van der Waals surface area contributed by atoms with Gasteiger partial charge in [0.2, 0.25) is 0 Å². The SMILES string of the molecule is C=C1C=C(C2=CC(=C)CC(=C)C2)CC(=C)C1. The second-order valence-corrected chi connectivity index (χ2v) is 4.86. The van der Waals surface area contributed by atoms with Gasteiger partial charge in [0.15, 0.2) is 0 Å². The predicted octanol–water partition coefficient (Wildman–Crippen LogP) is 4.65. The van der Waals surface area contributed by atoms with Crippen molar-refractivity contribution in [3.63, 3.8) is 0 Å². The highest BCUT2D eigenvalue weighted by Crippen LogP contribution is 2.36. The molecule has 0 spiro atoms. The van der Waals surface area contributed by atoms with Gasteiger partial charge in [-0.25, -0.2) is 0 Å². The fraction of sp³-hybridized carbons (Fsp3) is 0.250. The number of allylic oxidation sites excluding steroid dienone is 8. The Morgan fingerprint density at radius 1 is 0.625 bits per heavy atom. The molecule has 0 aromatic carbocycles. The zero-order valence-electron chi connectivity index (χ0n) is 9.81. The van der Waals surface area contributed by atoms with Crippen LogP contribution in [0.1, 0.15) is 25.7 Å². The molecule has 0 nitrogen and oxygen atoms in total. The lowest BCUT2D eigenvalue weighted by Gasteiger charge is -2.23. The lowest BCUT2D eigenvalue weighted by Crippen LogP contribution is -2.04. The van der Waals surface area contributed by atoms with Crippen LogP contribution < -0.4 is 0 Å². The summed E-state index contributed by atoms with van der Waals surface area (Å²) in [5, 5.41) is 0. The summed E-state index contributed by atoms with van der Waals surface area (Å²) in [6.07, 6.45) is 8.24. The first-order chi connectivity index (χ1) is 7.54. The molecule has 0 heteroatoms. The maximum atomic E-state index is 4.07. The molecule has 0 saturated carbocycles. The standard InChI is InChI=1S/C16H18/c1-11-5-12(2)8-15(7-11)16-9-13(3)6-14(4)10-16/h7,9H,1-6,8,10H2. The minimum absolute atomic E-state index is 0.943. The molecule has 0 saturated heterocycles.